The molecule has 0 N–H and O–H groups in total. The van der Waals surface area contributed by atoms with Gasteiger partial charge in [0.25, 0.3) is 0 Å². The van der Waals surface area contributed by atoms with Crippen molar-refractivity contribution in [3.05, 3.63) is 52.2 Å². The molecule has 1 nitrogen and oxygen atoms in total. The molecule has 0 radical (unpaired) electrons. The Morgan fingerprint density at radius 3 is 2.05 bits per heavy atom. The van der Waals surface area contributed by atoms with Gasteiger partial charge in [-0.3, -0.25) is 0 Å². The van der Waals surface area contributed by atoms with E-state index in [9.17, 15) is 0 Å². The van der Waals surface area contributed by atoms with Gasteiger partial charge in [0, 0.05) is 17.4 Å². The quantitative estimate of drug-likeness (QED) is 0.669. The molecular weight excluding hydrogens is 254 g/mol. The number of para-hydroxylation sites is 1. The molecule has 0 fully saturated rings. The van der Waals surface area contributed by atoms with E-state index < -0.39 is 0 Å². The van der Waals surface area contributed by atoms with E-state index in [0.29, 0.717) is 12.0 Å². The number of anilines is 1. The Morgan fingerprint density at radius 1 is 0.952 bits per heavy atom. The Hall–Kier alpha value is -1.50. The molecular formula is C20H29N. The lowest BCUT2D eigenvalue weighted by atomic mass is 9.98. The standard InChI is InChI=1S/C20H29N/c1-13(2)18-12-16(6)20(17(18)7)21(14(3)4)19-11-9-8-10-15(19)5/h8-11,13-14H,12H2,1-7H3. The van der Waals surface area contributed by atoms with Crippen molar-refractivity contribution in [2.75, 3.05) is 4.90 Å². The fraction of sp³-hybridized carbons (Fsp3) is 0.500. The third kappa shape index (κ3) is 2.92. The van der Waals surface area contributed by atoms with Gasteiger partial charge in [0.15, 0.2) is 0 Å². The molecule has 114 valence electrons. The SMILES string of the molecule is CC1=C(N(c2ccccc2C)C(C)C)C(C)=C(C(C)C)C1. The van der Waals surface area contributed by atoms with Crippen LogP contribution >= 0.6 is 0 Å². The van der Waals surface area contributed by atoms with Crippen LogP contribution in [0.3, 0.4) is 0 Å². The fourth-order valence-electron chi connectivity index (χ4n) is 3.49. The Kier molecular flexibility index (Phi) is 4.61. The summed E-state index contributed by atoms with van der Waals surface area (Å²) in [5.41, 5.74) is 8.72. The van der Waals surface area contributed by atoms with Gasteiger partial charge in [-0.05, 0) is 69.7 Å². The number of nitrogens with zero attached hydrogens (tertiary/aromatic N) is 1. The van der Waals surface area contributed by atoms with Gasteiger partial charge in [-0.25, -0.2) is 0 Å². The van der Waals surface area contributed by atoms with E-state index in [1.54, 1.807) is 5.57 Å². The highest BCUT2D eigenvalue weighted by molar-refractivity contribution is 5.65. The predicted molar refractivity (Wildman–Crippen MR) is 93.6 cm³/mol. The summed E-state index contributed by atoms with van der Waals surface area (Å²) in [4.78, 5) is 2.52. The minimum Gasteiger partial charge on any atom is -0.339 e. The van der Waals surface area contributed by atoms with Crippen LogP contribution in [0.1, 0.15) is 53.5 Å². The molecule has 0 saturated heterocycles. The first kappa shape index (κ1) is 15.9. The van der Waals surface area contributed by atoms with Gasteiger partial charge >= 0.3 is 0 Å². The van der Waals surface area contributed by atoms with Gasteiger partial charge in [0.05, 0.1) is 0 Å². The van der Waals surface area contributed by atoms with Gasteiger partial charge in [-0.2, -0.15) is 0 Å². The molecule has 21 heavy (non-hydrogen) atoms. The van der Waals surface area contributed by atoms with Crippen LogP contribution in [0.25, 0.3) is 0 Å². The molecule has 0 saturated carbocycles. The van der Waals surface area contributed by atoms with Crippen LogP contribution in [0.5, 0.6) is 0 Å². The summed E-state index contributed by atoms with van der Waals surface area (Å²) in [5, 5.41) is 0. The average Bonchev–Trinajstić information content (AvgIpc) is 2.69. The first-order valence-corrected chi connectivity index (χ1v) is 8.09. The first-order chi connectivity index (χ1) is 9.84. The minimum absolute atomic E-state index is 0.456. The summed E-state index contributed by atoms with van der Waals surface area (Å²) in [5.74, 6) is 0.628. The molecule has 0 unspecified atom stereocenters. The number of rotatable bonds is 4. The van der Waals surface area contributed by atoms with Crippen molar-refractivity contribution in [2.24, 2.45) is 5.92 Å². The van der Waals surface area contributed by atoms with Crippen LogP contribution < -0.4 is 4.90 Å². The summed E-state index contributed by atoms with van der Waals surface area (Å²) in [6.07, 6.45) is 1.13. The lowest BCUT2D eigenvalue weighted by Gasteiger charge is -2.33. The van der Waals surface area contributed by atoms with Crippen molar-refractivity contribution in [1.82, 2.24) is 0 Å². The maximum atomic E-state index is 2.52. The molecule has 0 aliphatic heterocycles. The second-order valence-corrected chi connectivity index (χ2v) is 6.86. The molecule has 1 heteroatoms. The topological polar surface area (TPSA) is 3.24 Å². The van der Waals surface area contributed by atoms with E-state index in [1.165, 1.54) is 28.1 Å². The molecule has 0 atom stereocenters. The number of hydrogen-bond acceptors (Lipinski definition) is 1. The second kappa shape index (κ2) is 6.09. The second-order valence-electron chi connectivity index (χ2n) is 6.86. The molecule has 0 spiro atoms. The van der Waals surface area contributed by atoms with Crippen LogP contribution in [-0.2, 0) is 0 Å². The Labute approximate surface area is 130 Å². The Balaban J connectivity index is 2.55. The molecule has 1 aliphatic rings. The van der Waals surface area contributed by atoms with E-state index in [4.69, 9.17) is 0 Å². The highest BCUT2D eigenvalue weighted by atomic mass is 15.2. The summed E-state index contributed by atoms with van der Waals surface area (Å²) >= 11 is 0. The zero-order chi connectivity index (χ0) is 15.7. The third-order valence-electron chi connectivity index (χ3n) is 4.53. The number of allylic oxidation sites excluding steroid dienone is 3. The van der Waals surface area contributed by atoms with Crippen LogP contribution in [0, 0.1) is 12.8 Å². The van der Waals surface area contributed by atoms with Gasteiger partial charge in [-0.1, -0.05) is 37.6 Å². The fourth-order valence-corrected chi connectivity index (χ4v) is 3.49. The highest BCUT2D eigenvalue weighted by Crippen LogP contribution is 2.40. The van der Waals surface area contributed by atoms with Gasteiger partial charge < -0.3 is 4.90 Å². The highest BCUT2D eigenvalue weighted by Gasteiger charge is 2.27. The van der Waals surface area contributed by atoms with Crippen molar-refractivity contribution in [2.45, 2.75) is 60.9 Å². The summed E-state index contributed by atoms with van der Waals surface area (Å²) in [6.45, 7) is 16.0. The molecule has 0 bridgehead atoms. The maximum absolute atomic E-state index is 2.52. The van der Waals surface area contributed by atoms with E-state index in [-0.39, 0.29) is 0 Å². The zero-order valence-corrected chi connectivity index (χ0v) is 14.6. The van der Waals surface area contributed by atoms with Gasteiger partial charge in [-0.15, -0.1) is 0 Å². The van der Waals surface area contributed by atoms with Crippen molar-refractivity contribution in [1.29, 1.82) is 0 Å². The molecule has 1 aliphatic carbocycles. The zero-order valence-electron chi connectivity index (χ0n) is 14.6. The predicted octanol–water partition coefficient (Wildman–Crippen LogP) is 5.86. The molecule has 1 aromatic rings. The lowest BCUT2D eigenvalue weighted by molar-refractivity contribution is 0.736. The van der Waals surface area contributed by atoms with Crippen LogP contribution in [0.15, 0.2) is 46.7 Å². The monoisotopic (exact) mass is 283 g/mol. The summed E-state index contributed by atoms with van der Waals surface area (Å²) in [7, 11) is 0. The third-order valence-corrected chi connectivity index (χ3v) is 4.53. The van der Waals surface area contributed by atoms with Crippen molar-refractivity contribution < 1.29 is 0 Å². The summed E-state index contributed by atoms with van der Waals surface area (Å²) < 4.78 is 0. The smallest absolute Gasteiger partial charge is 0.0442 e. The largest absolute Gasteiger partial charge is 0.339 e. The molecule has 0 amide bonds. The average molecular weight is 283 g/mol. The lowest BCUT2D eigenvalue weighted by Crippen LogP contribution is -2.31. The van der Waals surface area contributed by atoms with Gasteiger partial charge in [0.1, 0.15) is 0 Å². The maximum Gasteiger partial charge on any atom is 0.0442 e. The molecule has 1 aromatic carbocycles. The first-order valence-electron chi connectivity index (χ1n) is 8.09. The van der Waals surface area contributed by atoms with Crippen molar-refractivity contribution in [3.8, 4) is 0 Å². The van der Waals surface area contributed by atoms with Crippen LogP contribution in [0.4, 0.5) is 5.69 Å². The minimum atomic E-state index is 0.456. The van der Waals surface area contributed by atoms with E-state index >= 15 is 0 Å². The van der Waals surface area contributed by atoms with Crippen LogP contribution in [-0.4, -0.2) is 6.04 Å². The Bertz CT molecular complexity index is 588. The number of benzene rings is 1. The van der Waals surface area contributed by atoms with E-state index in [1.807, 2.05) is 0 Å². The number of hydrogen-bond donors (Lipinski definition) is 0. The Morgan fingerprint density at radius 2 is 1.57 bits per heavy atom. The molecule has 0 heterocycles. The van der Waals surface area contributed by atoms with E-state index in [0.717, 1.165) is 6.42 Å². The van der Waals surface area contributed by atoms with Gasteiger partial charge in [0.2, 0.25) is 0 Å². The van der Waals surface area contributed by atoms with Crippen molar-refractivity contribution >= 4 is 5.69 Å². The van der Waals surface area contributed by atoms with Crippen molar-refractivity contribution in [3.63, 3.8) is 0 Å². The van der Waals surface area contributed by atoms with Crippen LogP contribution in [0.2, 0.25) is 0 Å². The summed E-state index contributed by atoms with van der Waals surface area (Å²) in [6, 6.07) is 9.17. The number of aryl methyl sites for hydroxylation is 1. The molecule has 0 aromatic heterocycles. The normalized spacial score (nSPS) is 15.7. The van der Waals surface area contributed by atoms with E-state index in [2.05, 4.69) is 77.6 Å². The molecule has 2 rings (SSSR count).